The van der Waals surface area contributed by atoms with Crippen LogP contribution in [0.3, 0.4) is 0 Å². The van der Waals surface area contributed by atoms with Crippen LogP contribution in [0, 0.1) is 0 Å². The molecule has 0 aromatic heterocycles. The molecule has 4 nitrogen and oxygen atoms in total. The molecule has 0 aliphatic heterocycles. The maximum absolute atomic E-state index is 11.7. The van der Waals surface area contributed by atoms with Crippen molar-refractivity contribution in [1.29, 1.82) is 0 Å². The van der Waals surface area contributed by atoms with Crippen molar-refractivity contribution >= 4 is 23.1 Å². The molecule has 4 N–H and O–H groups in total. The number of carbonyl (C=O) groups is 1. The lowest BCUT2D eigenvalue weighted by molar-refractivity contribution is -0.120. The summed E-state index contributed by atoms with van der Waals surface area (Å²) in [5, 5.41) is 12.0. The second-order valence-corrected chi connectivity index (χ2v) is 4.25. The van der Waals surface area contributed by atoms with Crippen molar-refractivity contribution in [2.45, 2.75) is 25.8 Å². The summed E-state index contributed by atoms with van der Waals surface area (Å²) in [5.41, 5.74) is 6.24. The van der Waals surface area contributed by atoms with Crippen LogP contribution in [0.5, 0.6) is 5.75 Å². The molecule has 0 bridgehead atoms. The Balaban J connectivity index is 2.58. The Morgan fingerprint density at radius 1 is 1.59 bits per heavy atom. The summed E-state index contributed by atoms with van der Waals surface area (Å²) in [7, 11) is 0. The second kappa shape index (κ2) is 6.20. The Bertz CT molecular complexity index is 421. The normalized spacial score (nSPS) is 11.8. The first kappa shape index (κ1) is 13.4. The minimum absolute atomic E-state index is 0.150. The van der Waals surface area contributed by atoms with E-state index in [2.05, 4.69) is 5.32 Å². The van der Waals surface area contributed by atoms with Gasteiger partial charge in [0.05, 0.1) is 17.5 Å². The fourth-order valence-electron chi connectivity index (χ4n) is 1.47. The van der Waals surface area contributed by atoms with Crippen molar-refractivity contribution in [3.8, 4) is 5.75 Å². The summed E-state index contributed by atoms with van der Waals surface area (Å²) in [6.45, 7) is 1.90. The lowest BCUT2D eigenvalue weighted by Gasteiger charge is -2.15. The zero-order valence-corrected chi connectivity index (χ0v) is 10.5. The fourth-order valence-corrected chi connectivity index (χ4v) is 1.70. The third-order valence-electron chi connectivity index (χ3n) is 2.36. The van der Waals surface area contributed by atoms with Gasteiger partial charge in [-0.25, -0.2) is 0 Å². The van der Waals surface area contributed by atoms with E-state index < -0.39 is 0 Å². The van der Waals surface area contributed by atoms with Crippen molar-refractivity contribution in [2.75, 3.05) is 0 Å². The van der Waals surface area contributed by atoms with Crippen molar-refractivity contribution in [2.24, 2.45) is 5.73 Å². The van der Waals surface area contributed by atoms with Gasteiger partial charge < -0.3 is 16.2 Å². The highest BCUT2D eigenvalue weighted by atomic mass is 32.1. The van der Waals surface area contributed by atoms with Crippen LogP contribution in [0.1, 0.15) is 18.9 Å². The van der Waals surface area contributed by atoms with Crippen LogP contribution in [0.15, 0.2) is 24.3 Å². The molecule has 92 valence electrons. The van der Waals surface area contributed by atoms with E-state index in [0.29, 0.717) is 6.42 Å². The highest BCUT2D eigenvalue weighted by molar-refractivity contribution is 7.80. The molecule has 0 saturated carbocycles. The Hall–Kier alpha value is -1.62. The standard InChI is InChI=1S/C12H16N2O2S/c1-2-10(12(13)17)14-11(16)7-8-4-3-5-9(15)6-8/h3-6,10,15H,2,7H2,1H3,(H2,13,17)(H,14,16). The van der Waals surface area contributed by atoms with Crippen molar-refractivity contribution in [3.63, 3.8) is 0 Å². The number of hydrogen-bond donors (Lipinski definition) is 3. The zero-order chi connectivity index (χ0) is 12.8. The summed E-state index contributed by atoms with van der Waals surface area (Å²) >= 11 is 4.84. The van der Waals surface area contributed by atoms with Crippen LogP contribution in [-0.2, 0) is 11.2 Å². The Morgan fingerprint density at radius 3 is 2.82 bits per heavy atom. The molecular weight excluding hydrogens is 236 g/mol. The van der Waals surface area contributed by atoms with E-state index in [9.17, 15) is 9.90 Å². The van der Waals surface area contributed by atoms with Gasteiger partial charge in [0.2, 0.25) is 5.91 Å². The molecule has 0 heterocycles. The summed E-state index contributed by atoms with van der Waals surface area (Å²) < 4.78 is 0. The van der Waals surface area contributed by atoms with E-state index >= 15 is 0 Å². The first-order chi connectivity index (χ1) is 8.02. The topological polar surface area (TPSA) is 75.3 Å². The van der Waals surface area contributed by atoms with Gasteiger partial charge in [0.1, 0.15) is 5.75 Å². The number of amides is 1. The average molecular weight is 252 g/mol. The summed E-state index contributed by atoms with van der Waals surface area (Å²) in [6, 6.07) is 6.32. The number of thiocarbonyl (C=S) groups is 1. The summed E-state index contributed by atoms with van der Waals surface area (Å²) in [4.78, 5) is 12.0. The second-order valence-electron chi connectivity index (χ2n) is 3.78. The SMILES string of the molecule is CCC(NC(=O)Cc1cccc(O)c1)C(N)=S. The highest BCUT2D eigenvalue weighted by Crippen LogP contribution is 2.11. The number of nitrogens with two attached hydrogens (primary N) is 1. The molecular formula is C12H16N2O2S. The van der Waals surface area contributed by atoms with E-state index in [1.165, 1.54) is 0 Å². The van der Waals surface area contributed by atoms with E-state index in [1.54, 1.807) is 24.3 Å². The molecule has 0 saturated heterocycles. The number of carbonyl (C=O) groups excluding carboxylic acids is 1. The molecule has 1 atom stereocenters. The van der Waals surface area contributed by atoms with Crippen LogP contribution in [0.2, 0.25) is 0 Å². The fraction of sp³-hybridized carbons (Fsp3) is 0.333. The molecule has 0 aliphatic rings. The van der Waals surface area contributed by atoms with Crippen LogP contribution in [0.25, 0.3) is 0 Å². The lowest BCUT2D eigenvalue weighted by atomic mass is 10.1. The van der Waals surface area contributed by atoms with Gasteiger partial charge in [-0.15, -0.1) is 0 Å². The maximum atomic E-state index is 11.7. The van der Waals surface area contributed by atoms with Gasteiger partial charge in [-0.2, -0.15) is 0 Å². The number of hydrogen-bond acceptors (Lipinski definition) is 3. The smallest absolute Gasteiger partial charge is 0.224 e. The zero-order valence-electron chi connectivity index (χ0n) is 9.64. The molecule has 0 fully saturated rings. The van der Waals surface area contributed by atoms with Gasteiger partial charge in [-0.1, -0.05) is 31.3 Å². The monoisotopic (exact) mass is 252 g/mol. The predicted molar refractivity (Wildman–Crippen MR) is 70.8 cm³/mol. The Labute approximate surface area is 106 Å². The van der Waals surface area contributed by atoms with Gasteiger partial charge in [0, 0.05) is 0 Å². The van der Waals surface area contributed by atoms with Gasteiger partial charge >= 0.3 is 0 Å². The number of benzene rings is 1. The average Bonchev–Trinajstić information content (AvgIpc) is 2.25. The van der Waals surface area contributed by atoms with Crippen molar-refractivity contribution in [1.82, 2.24) is 5.32 Å². The summed E-state index contributed by atoms with van der Waals surface area (Å²) in [6.07, 6.45) is 0.870. The lowest BCUT2D eigenvalue weighted by Crippen LogP contribution is -2.43. The van der Waals surface area contributed by atoms with E-state index in [-0.39, 0.29) is 29.1 Å². The van der Waals surface area contributed by atoms with Crippen LogP contribution < -0.4 is 11.1 Å². The van der Waals surface area contributed by atoms with Gasteiger partial charge in [-0.05, 0) is 24.1 Å². The molecule has 17 heavy (non-hydrogen) atoms. The molecule has 5 heteroatoms. The largest absolute Gasteiger partial charge is 0.508 e. The minimum atomic E-state index is -0.269. The van der Waals surface area contributed by atoms with Gasteiger partial charge in [0.25, 0.3) is 0 Å². The first-order valence-electron chi connectivity index (χ1n) is 5.39. The quantitative estimate of drug-likeness (QED) is 0.686. The molecule has 1 aromatic rings. The Kier molecular flexibility index (Phi) is 4.90. The third-order valence-corrected chi connectivity index (χ3v) is 2.65. The highest BCUT2D eigenvalue weighted by Gasteiger charge is 2.13. The van der Waals surface area contributed by atoms with E-state index in [1.807, 2.05) is 6.92 Å². The number of nitrogens with one attached hydrogen (secondary N) is 1. The molecule has 1 rings (SSSR count). The number of aromatic hydroxyl groups is 1. The number of phenols is 1. The molecule has 1 amide bonds. The third kappa shape index (κ3) is 4.40. The van der Waals surface area contributed by atoms with Crippen LogP contribution in [-0.4, -0.2) is 22.0 Å². The van der Waals surface area contributed by atoms with Crippen molar-refractivity contribution in [3.05, 3.63) is 29.8 Å². The number of phenolic OH excluding ortho intramolecular Hbond substituents is 1. The van der Waals surface area contributed by atoms with Crippen molar-refractivity contribution < 1.29 is 9.90 Å². The molecule has 0 spiro atoms. The molecule has 1 unspecified atom stereocenters. The van der Waals surface area contributed by atoms with Crippen LogP contribution >= 0.6 is 12.2 Å². The maximum Gasteiger partial charge on any atom is 0.224 e. The number of rotatable bonds is 5. The minimum Gasteiger partial charge on any atom is -0.508 e. The molecule has 1 aromatic carbocycles. The molecule has 0 radical (unpaired) electrons. The van der Waals surface area contributed by atoms with Crippen LogP contribution in [0.4, 0.5) is 0 Å². The Morgan fingerprint density at radius 2 is 2.29 bits per heavy atom. The summed E-state index contributed by atoms with van der Waals surface area (Å²) in [5.74, 6) is -0.00747. The predicted octanol–water partition coefficient (Wildman–Crippen LogP) is 1.12. The van der Waals surface area contributed by atoms with E-state index in [4.69, 9.17) is 18.0 Å². The molecule has 0 aliphatic carbocycles. The van der Waals surface area contributed by atoms with Gasteiger partial charge in [0.15, 0.2) is 0 Å². The van der Waals surface area contributed by atoms with E-state index in [0.717, 1.165) is 5.56 Å². The first-order valence-corrected chi connectivity index (χ1v) is 5.80. The van der Waals surface area contributed by atoms with Gasteiger partial charge in [-0.3, -0.25) is 4.79 Å².